The summed E-state index contributed by atoms with van der Waals surface area (Å²) >= 11 is 0. The molecule has 1 heterocycles. The van der Waals surface area contributed by atoms with Gasteiger partial charge in [0.05, 0.1) is 0 Å². The van der Waals surface area contributed by atoms with Gasteiger partial charge in [-0.3, -0.25) is 9.59 Å². The lowest BCUT2D eigenvalue weighted by atomic mass is 9.92. The minimum atomic E-state index is -6.28. The van der Waals surface area contributed by atoms with Gasteiger partial charge in [-0.1, -0.05) is 12.1 Å². The summed E-state index contributed by atoms with van der Waals surface area (Å²) in [6.45, 7) is 4.26. The van der Waals surface area contributed by atoms with Crippen molar-refractivity contribution in [3.63, 3.8) is 0 Å². The van der Waals surface area contributed by atoms with Crippen LogP contribution in [0.5, 0.6) is 0 Å². The first-order valence-corrected chi connectivity index (χ1v) is 9.28. The first-order chi connectivity index (χ1) is 15.0. The van der Waals surface area contributed by atoms with E-state index in [1.807, 2.05) is 0 Å². The van der Waals surface area contributed by atoms with Crippen LogP contribution in [0.4, 0.5) is 36.4 Å². The van der Waals surface area contributed by atoms with E-state index in [-0.39, 0.29) is 28.1 Å². The molecule has 0 bridgehead atoms. The largest absolute Gasteiger partial charge is 0.618 e. The van der Waals surface area contributed by atoms with Crippen molar-refractivity contribution in [1.29, 1.82) is 0 Å². The Morgan fingerprint density at radius 3 is 2.03 bits per heavy atom. The number of alkyl halides is 7. The molecule has 0 aliphatic heterocycles. The SMILES string of the molecule is Cc1cc(C(F)(C(F)(F)F)C(F)(F)F)ccc1NC(=O)c1ccc[n+]([O-])c1C(=O)NC(C)C. The Labute approximate surface area is 183 Å². The average molecular weight is 481 g/mol. The van der Waals surface area contributed by atoms with E-state index in [0.29, 0.717) is 12.1 Å². The number of carbonyl (C=O) groups is 2. The Balaban J connectivity index is 2.44. The van der Waals surface area contributed by atoms with Crippen LogP contribution in [0.1, 0.15) is 45.8 Å². The second kappa shape index (κ2) is 8.87. The highest BCUT2D eigenvalue weighted by atomic mass is 19.4. The predicted molar refractivity (Wildman–Crippen MR) is 102 cm³/mol. The highest BCUT2D eigenvalue weighted by Crippen LogP contribution is 2.53. The summed E-state index contributed by atoms with van der Waals surface area (Å²) in [6.07, 6.45) is -11.6. The lowest BCUT2D eigenvalue weighted by molar-refractivity contribution is -0.607. The molecule has 180 valence electrons. The monoisotopic (exact) mass is 481 g/mol. The van der Waals surface area contributed by atoms with Crippen LogP contribution in [0.3, 0.4) is 0 Å². The summed E-state index contributed by atoms with van der Waals surface area (Å²) in [5.41, 5.74) is -8.90. The molecular weight excluding hydrogens is 463 g/mol. The Morgan fingerprint density at radius 2 is 1.55 bits per heavy atom. The third-order valence-corrected chi connectivity index (χ3v) is 4.49. The molecule has 0 atom stereocenters. The maximum atomic E-state index is 14.2. The van der Waals surface area contributed by atoms with Crippen molar-refractivity contribution in [3.8, 4) is 0 Å². The fourth-order valence-electron chi connectivity index (χ4n) is 2.92. The Bertz CT molecular complexity index is 1050. The van der Waals surface area contributed by atoms with Gasteiger partial charge in [-0.2, -0.15) is 31.1 Å². The Hall–Kier alpha value is -3.38. The van der Waals surface area contributed by atoms with E-state index in [1.54, 1.807) is 13.8 Å². The van der Waals surface area contributed by atoms with Gasteiger partial charge in [0.25, 0.3) is 11.6 Å². The maximum Gasteiger partial charge on any atom is 0.435 e. The van der Waals surface area contributed by atoms with E-state index in [9.17, 15) is 45.5 Å². The van der Waals surface area contributed by atoms with Gasteiger partial charge in [0.1, 0.15) is 5.56 Å². The molecule has 2 aromatic rings. The first-order valence-electron chi connectivity index (χ1n) is 9.28. The zero-order chi connectivity index (χ0) is 25.4. The molecule has 0 saturated carbocycles. The second-order valence-electron chi connectivity index (χ2n) is 7.36. The number of halogens is 7. The minimum absolute atomic E-state index is 0.132. The molecule has 33 heavy (non-hydrogen) atoms. The molecule has 0 aliphatic rings. The highest BCUT2D eigenvalue weighted by molar-refractivity contribution is 6.10. The van der Waals surface area contributed by atoms with Crippen LogP contribution in [0.25, 0.3) is 0 Å². The van der Waals surface area contributed by atoms with E-state index >= 15 is 0 Å². The number of hydrogen-bond donors (Lipinski definition) is 2. The van der Waals surface area contributed by atoms with E-state index in [2.05, 4.69) is 10.6 Å². The maximum absolute atomic E-state index is 14.2. The van der Waals surface area contributed by atoms with Gasteiger partial charge in [-0.05, 0) is 38.5 Å². The van der Waals surface area contributed by atoms with E-state index < -0.39 is 46.7 Å². The van der Waals surface area contributed by atoms with Gasteiger partial charge >= 0.3 is 23.9 Å². The summed E-state index contributed by atoms with van der Waals surface area (Å²) in [5, 5.41) is 16.7. The third-order valence-electron chi connectivity index (χ3n) is 4.49. The normalized spacial score (nSPS) is 12.6. The molecule has 13 heteroatoms. The van der Waals surface area contributed by atoms with Crippen molar-refractivity contribution in [3.05, 3.63) is 64.1 Å². The molecule has 0 fully saturated rings. The molecule has 0 spiro atoms. The number of aromatic nitrogens is 1. The number of aryl methyl sites for hydroxylation is 1. The lowest BCUT2D eigenvalue weighted by Gasteiger charge is -2.30. The highest BCUT2D eigenvalue weighted by Gasteiger charge is 2.73. The lowest BCUT2D eigenvalue weighted by Crippen LogP contribution is -2.50. The molecule has 0 unspecified atom stereocenters. The van der Waals surface area contributed by atoms with Gasteiger partial charge < -0.3 is 15.8 Å². The summed E-state index contributed by atoms with van der Waals surface area (Å²) in [5.74, 6) is -1.92. The number of anilines is 1. The number of nitrogens with zero attached hydrogens (tertiary/aromatic N) is 1. The van der Waals surface area contributed by atoms with Gasteiger partial charge in [0.2, 0.25) is 0 Å². The summed E-state index contributed by atoms with van der Waals surface area (Å²) in [4.78, 5) is 24.9. The molecule has 6 nitrogen and oxygen atoms in total. The number of hydrogen-bond acceptors (Lipinski definition) is 3. The van der Waals surface area contributed by atoms with Crippen molar-refractivity contribution in [1.82, 2.24) is 5.32 Å². The van der Waals surface area contributed by atoms with Crippen LogP contribution in [0.15, 0.2) is 36.5 Å². The quantitative estimate of drug-likeness (QED) is 0.379. The Kier molecular flexibility index (Phi) is 6.95. The summed E-state index contributed by atoms with van der Waals surface area (Å²) in [7, 11) is 0. The van der Waals surface area contributed by atoms with Gasteiger partial charge in [0, 0.05) is 23.4 Å². The minimum Gasteiger partial charge on any atom is -0.618 e. The van der Waals surface area contributed by atoms with E-state index in [0.717, 1.165) is 25.3 Å². The van der Waals surface area contributed by atoms with Gasteiger partial charge in [-0.15, -0.1) is 0 Å². The zero-order valence-corrected chi connectivity index (χ0v) is 17.4. The Morgan fingerprint density at radius 1 is 0.970 bits per heavy atom. The molecule has 1 aromatic heterocycles. The molecule has 1 aromatic carbocycles. The third kappa shape index (κ3) is 5.01. The summed E-state index contributed by atoms with van der Waals surface area (Å²) in [6, 6.07) is 3.12. The van der Waals surface area contributed by atoms with Gasteiger partial charge in [-0.25, -0.2) is 4.39 Å². The van der Waals surface area contributed by atoms with E-state index in [1.165, 1.54) is 0 Å². The molecule has 2 N–H and O–H groups in total. The van der Waals surface area contributed by atoms with E-state index in [4.69, 9.17) is 0 Å². The number of benzene rings is 1. The summed E-state index contributed by atoms with van der Waals surface area (Å²) < 4.78 is 92.2. The molecule has 2 amide bonds. The van der Waals surface area contributed by atoms with Crippen LogP contribution >= 0.6 is 0 Å². The number of pyridine rings is 1. The fraction of sp³-hybridized carbons (Fsp3) is 0.350. The number of amides is 2. The fourth-order valence-corrected chi connectivity index (χ4v) is 2.92. The van der Waals surface area contributed by atoms with Crippen molar-refractivity contribution >= 4 is 17.5 Å². The first kappa shape index (κ1) is 25.9. The number of nitrogens with one attached hydrogen (secondary N) is 2. The molecule has 0 radical (unpaired) electrons. The predicted octanol–water partition coefficient (Wildman–Crippen LogP) is 4.31. The van der Waals surface area contributed by atoms with Crippen LogP contribution in [0.2, 0.25) is 0 Å². The number of rotatable bonds is 5. The van der Waals surface area contributed by atoms with Crippen LogP contribution < -0.4 is 15.4 Å². The molecule has 0 saturated heterocycles. The van der Waals surface area contributed by atoms with Crippen LogP contribution in [-0.4, -0.2) is 30.2 Å². The zero-order valence-electron chi connectivity index (χ0n) is 17.4. The van der Waals surface area contributed by atoms with Crippen molar-refractivity contribution in [2.75, 3.05) is 5.32 Å². The smallest absolute Gasteiger partial charge is 0.435 e. The average Bonchev–Trinajstić information content (AvgIpc) is 2.66. The van der Waals surface area contributed by atoms with Crippen LogP contribution in [-0.2, 0) is 5.67 Å². The second-order valence-corrected chi connectivity index (χ2v) is 7.36. The van der Waals surface area contributed by atoms with Crippen LogP contribution in [0, 0.1) is 12.1 Å². The molecule has 2 rings (SSSR count). The van der Waals surface area contributed by atoms with Crippen molar-refractivity contribution in [2.45, 2.75) is 44.8 Å². The topological polar surface area (TPSA) is 85.1 Å². The van der Waals surface area contributed by atoms with Gasteiger partial charge in [0.15, 0.2) is 6.20 Å². The molecule has 0 aliphatic carbocycles. The number of carbonyl (C=O) groups excluding carboxylic acids is 2. The van der Waals surface area contributed by atoms with Crippen molar-refractivity contribution in [2.24, 2.45) is 0 Å². The standard InChI is InChI=1S/C20H18F7N3O3/c1-10(2)28-17(32)15-13(5-4-8-30(15)33)16(31)29-14-7-6-12(9-11(14)3)18(21,19(22,23)24)20(25,26)27/h4-10H,1-3H3,(H,28,32)(H,29,31). The molecular formula is C20H18F7N3O3. The van der Waals surface area contributed by atoms with Crippen molar-refractivity contribution < 1.29 is 45.1 Å².